The van der Waals surface area contributed by atoms with E-state index in [0.29, 0.717) is 17.2 Å². The lowest BCUT2D eigenvalue weighted by molar-refractivity contribution is -0.133. The summed E-state index contributed by atoms with van der Waals surface area (Å²) in [7, 11) is 1.61. The SMILES string of the molecule is COc1cc(OC(=O)Cc2ccccc2)ccc1-c1ccc2c(c1)C(C)=CC(C)(C)N2COc1cc(F)ccc1C. The maximum absolute atomic E-state index is 13.9. The van der Waals surface area contributed by atoms with Crippen LogP contribution in [-0.4, -0.2) is 25.3 Å². The zero-order chi connectivity index (χ0) is 29.1. The van der Waals surface area contributed by atoms with Gasteiger partial charge in [-0.2, -0.15) is 0 Å². The van der Waals surface area contributed by atoms with E-state index in [4.69, 9.17) is 14.2 Å². The molecule has 5 nitrogen and oxygen atoms in total. The summed E-state index contributed by atoms with van der Waals surface area (Å²) in [6.07, 6.45) is 2.41. The van der Waals surface area contributed by atoms with E-state index in [9.17, 15) is 9.18 Å². The summed E-state index contributed by atoms with van der Waals surface area (Å²) < 4.78 is 31.3. The van der Waals surface area contributed by atoms with Gasteiger partial charge in [-0.1, -0.05) is 48.5 Å². The minimum Gasteiger partial charge on any atom is -0.496 e. The molecule has 0 radical (unpaired) electrons. The van der Waals surface area contributed by atoms with Gasteiger partial charge < -0.3 is 19.1 Å². The van der Waals surface area contributed by atoms with Crippen LogP contribution in [0.25, 0.3) is 16.7 Å². The molecule has 210 valence electrons. The molecule has 4 aromatic carbocycles. The van der Waals surface area contributed by atoms with Crippen LogP contribution in [0.4, 0.5) is 10.1 Å². The van der Waals surface area contributed by atoms with E-state index in [0.717, 1.165) is 39.1 Å². The average molecular weight is 552 g/mol. The number of aryl methyl sites for hydroxylation is 1. The second-order valence-corrected chi connectivity index (χ2v) is 10.8. The van der Waals surface area contributed by atoms with Crippen molar-refractivity contribution in [3.05, 3.63) is 114 Å². The lowest BCUT2D eigenvalue weighted by Crippen LogP contribution is -2.47. The number of halogens is 1. The highest BCUT2D eigenvalue weighted by Gasteiger charge is 2.32. The first-order valence-electron chi connectivity index (χ1n) is 13.6. The Morgan fingerprint density at radius 3 is 2.41 bits per heavy atom. The molecule has 0 fully saturated rings. The van der Waals surface area contributed by atoms with Crippen molar-refractivity contribution in [3.63, 3.8) is 0 Å². The van der Waals surface area contributed by atoms with Crippen molar-refractivity contribution in [2.24, 2.45) is 0 Å². The molecule has 0 atom stereocenters. The number of hydrogen-bond acceptors (Lipinski definition) is 5. The third-order valence-electron chi connectivity index (χ3n) is 7.38. The first kappa shape index (κ1) is 28.0. The summed E-state index contributed by atoms with van der Waals surface area (Å²) in [5, 5.41) is 0. The van der Waals surface area contributed by atoms with Gasteiger partial charge in [0.05, 0.1) is 19.1 Å². The molecule has 1 aliphatic heterocycles. The molecule has 0 spiro atoms. The van der Waals surface area contributed by atoms with Crippen molar-refractivity contribution in [2.75, 3.05) is 18.7 Å². The second-order valence-electron chi connectivity index (χ2n) is 10.8. The molecule has 1 heterocycles. The number of esters is 1. The van der Waals surface area contributed by atoms with Gasteiger partial charge >= 0.3 is 5.97 Å². The quantitative estimate of drug-likeness (QED) is 0.164. The zero-order valence-electron chi connectivity index (χ0n) is 24.0. The van der Waals surface area contributed by atoms with Crippen LogP contribution >= 0.6 is 0 Å². The van der Waals surface area contributed by atoms with E-state index in [1.54, 1.807) is 25.3 Å². The molecule has 5 rings (SSSR count). The Labute approximate surface area is 240 Å². The minimum absolute atomic E-state index is 0.191. The third-order valence-corrected chi connectivity index (χ3v) is 7.38. The van der Waals surface area contributed by atoms with Gasteiger partial charge in [0.25, 0.3) is 0 Å². The van der Waals surface area contributed by atoms with Crippen LogP contribution in [-0.2, 0) is 11.2 Å². The first-order valence-corrected chi connectivity index (χ1v) is 13.6. The van der Waals surface area contributed by atoms with E-state index in [2.05, 4.69) is 43.9 Å². The highest BCUT2D eigenvalue weighted by Crippen LogP contribution is 2.42. The van der Waals surface area contributed by atoms with E-state index >= 15 is 0 Å². The molecule has 0 N–H and O–H groups in total. The van der Waals surface area contributed by atoms with E-state index in [-0.39, 0.29) is 30.5 Å². The summed E-state index contributed by atoms with van der Waals surface area (Å²) in [6, 6.07) is 25.8. The van der Waals surface area contributed by atoms with Crippen molar-refractivity contribution in [1.29, 1.82) is 0 Å². The molecule has 0 aliphatic carbocycles. The zero-order valence-corrected chi connectivity index (χ0v) is 24.0. The molecule has 4 aromatic rings. The predicted octanol–water partition coefficient (Wildman–Crippen LogP) is 8.00. The monoisotopic (exact) mass is 551 g/mol. The number of rotatable bonds is 8. The molecular formula is C35H34FNO4. The number of carbonyl (C=O) groups excluding carboxylic acids is 1. The third kappa shape index (κ3) is 6.12. The number of nitrogens with zero attached hydrogens (tertiary/aromatic N) is 1. The molecule has 0 saturated carbocycles. The Morgan fingerprint density at radius 2 is 1.66 bits per heavy atom. The van der Waals surface area contributed by atoms with Gasteiger partial charge in [-0.25, -0.2) is 4.39 Å². The Balaban J connectivity index is 1.40. The fourth-order valence-corrected chi connectivity index (χ4v) is 5.25. The summed E-state index contributed by atoms with van der Waals surface area (Å²) in [6.45, 7) is 8.54. The van der Waals surface area contributed by atoms with Crippen molar-refractivity contribution in [1.82, 2.24) is 0 Å². The maximum atomic E-state index is 13.9. The van der Waals surface area contributed by atoms with Gasteiger partial charge in [0.1, 0.15) is 23.1 Å². The number of ether oxygens (including phenoxy) is 3. The predicted molar refractivity (Wildman–Crippen MR) is 161 cm³/mol. The number of benzene rings is 4. The molecular weight excluding hydrogens is 517 g/mol. The molecule has 0 unspecified atom stereocenters. The Hall–Kier alpha value is -4.58. The van der Waals surface area contributed by atoms with Crippen LogP contribution in [0, 0.1) is 12.7 Å². The van der Waals surface area contributed by atoms with Gasteiger partial charge in [0.2, 0.25) is 0 Å². The van der Waals surface area contributed by atoms with Crippen LogP contribution in [0.3, 0.4) is 0 Å². The van der Waals surface area contributed by atoms with Gasteiger partial charge in [-0.05, 0) is 80.3 Å². The van der Waals surface area contributed by atoms with Crippen molar-refractivity contribution in [3.8, 4) is 28.4 Å². The second kappa shape index (κ2) is 11.5. The topological polar surface area (TPSA) is 48.0 Å². The number of allylic oxidation sites excluding steroid dienone is 1. The molecule has 41 heavy (non-hydrogen) atoms. The molecule has 0 bridgehead atoms. The summed E-state index contributed by atoms with van der Waals surface area (Å²) in [4.78, 5) is 14.7. The van der Waals surface area contributed by atoms with E-state index in [1.807, 2.05) is 49.4 Å². The number of carbonyl (C=O) groups is 1. The highest BCUT2D eigenvalue weighted by atomic mass is 19.1. The number of hydrogen-bond donors (Lipinski definition) is 0. The maximum Gasteiger partial charge on any atom is 0.315 e. The highest BCUT2D eigenvalue weighted by molar-refractivity contribution is 5.86. The van der Waals surface area contributed by atoms with Crippen LogP contribution in [0.15, 0.2) is 91.0 Å². The number of fused-ring (bicyclic) bond motifs is 1. The van der Waals surface area contributed by atoms with Crippen LogP contribution in [0.5, 0.6) is 17.2 Å². The van der Waals surface area contributed by atoms with Gasteiger partial charge in [0, 0.05) is 28.9 Å². The van der Waals surface area contributed by atoms with Crippen molar-refractivity contribution >= 4 is 17.2 Å². The smallest absolute Gasteiger partial charge is 0.315 e. The molecule has 0 saturated heterocycles. The Bertz CT molecular complexity index is 1610. The lowest BCUT2D eigenvalue weighted by Gasteiger charge is -2.43. The normalized spacial score (nSPS) is 13.7. The van der Waals surface area contributed by atoms with Gasteiger partial charge in [-0.3, -0.25) is 4.79 Å². The first-order chi connectivity index (χ1) is 19.6. The summed E-state index contributed by atoms with van der Waals surface area (Å²) >= 11 is 0. The molecule has 0 amide bonds. The lowest BCUT2D eigenvalue weighted by atomic mass is 9.87. The van der Waals surface area contributed by atoms with E-state index in [1.165, 1.54) is 12.1 Å². The summed E-state index contributed by atoms with van der Waals surface area (Å²) in [5.74, 6) is 0.904. The van der Waals surface area contributed by atoms with Crippen LogP contribution in [0.1, 0.15) is 37.5 Å². The average Bonchev–Trinajstić information content (AvgIpc) is 2.94. The number of methoxy groups -OCH3 is 1. The van der Waals surface area contributed by atoms with Gasteiger partial charge in [-0.15, -0.1) is 0 Å². The van der Waals surface area contributed by atoms with Crippen molar-refractivity contribution in [2.45, 2.75) is 39.7 Å². The Kier molecular flexibility index (Phi) is 7.84. The molecule has 0 aromatic heterocycles. The van der Waals surface area contributed by atoms with Gasteiger partial charge in [0.15, 0.2) is 6.73 Å². The van der Waals surface area contributed by atoms with Crippen LogP contribution in [0.2, 0.25) is 0 Å². The fourth-order valence-electron chi connectivity index (χ4n) is 5.25. The summed E-state index contributed by atoms with van der Waals surface area (Å²) in [5.41, 5.74) is 6.56. The van der Waals surface area contributed by atoms with Crippen LogP contribution < -0.4 is 19.1 Å². The Morgan fingerprint density at radius 1 is 0.878 bits per heavy atom. The van der Waals surface area contributed by atoms with E-state index < -0.39 is 0 Å². The number of anilines is 1. The largest absolute Gasteiger partial charge is 0.496 e. The standard InChI is InChI=1S/C35H34FNO4/c1-23-11-13-27(36)19-32(23)40-22-37-31-16-12-26(18-30(31)24(2)21-35(37,3)4)29-15-14-28(20-33(29)39-5)41-34(38)17-25-9-7-6-8-10-25/h6-16,18-21H,17,22H2,1-5H3. The fraction of sp³-hybridized carbons (Fsp3) is 0.229. The molecule has 1 aliphatic rings. The minimum atomic E-state index is -0.334. The van der Waals surface area contributed by atoms with Crippen molar-refractivity contribution < 1.29 is 23.4 Å². The molecule has 6 heteroatoms.